The van der Waals surface area contributed by atoms with Gasteiger partial charge in [0.15, 0.2) is 0 Å². The number of hydrogen-bond donors (Lipinski definition) is 1. The van der Waals surface area contributed by atoms with Crippen LogP contribution in [0.25, 0.3) is 0 Å². The highest BCUT2D eigenvalue weighted by Gasteiger charge is 2.31. The van der Waals surface area contributed by atoms with Gasteiger partial charge in [-0.15, -0.1) is 11.8 Å². The fraction of sp³-hybridized carbons (Fsp3) is 0.500. The molecule has 0 saturated carbocycles. The minimum Gasteiger partial charge on any atom is -0.296 e. The van der Waals surface area contributed by atoms with Crippen LogP contribution in [-0.4, -0.2) is 5.37 Å². The quantitative estimate of drug-likeness (QED) is 0.758. The molecular formula is C12H17NS. The maximum absolute atomic E-state index is 3.66. The average molecular weight is 207 g/mol. The summed E-state index contributed by atoms with van der Waals surface area (Å²) in [5.74, 6) is 0. The molecule has 0 bridgehead atoms. The van der Waals surface area contributed by atoms with E-state index in [-0.39, 0.29) is 5.54 Å². The van der Waals surface area contributed by atoms with E-state index in [0.717, 1.165) is 0 Å². The maximum Gasteiger partial charge on any atom is 0.0583 e. The van der Waals surface area contributed by atoms with Crippen LogP contribution < -0.4 is 5.32 Å². The highest BCUT2D eigenvalue weighted by atomic mass is 32.2. The summed E-state index contributed by atoms with van der Waals surface area (Å²) in [6.45, 7) is 6.75. The van der Waals surface area contributed by atoms with Crippen LogP contribution in [0.1, 0.15) is 32.8 Å². The molecular weight excluding hydrogens is 190 g/mol. The lowest BCUT2D eigenvalue weighted by molar-refractivity contribution is 0.373. The van der Waals surface area contributed by atoms with Crippen LogP contribution in [0.3, 0.4) is 0 Å². The van der Waals surface area contributed by atoms with E-state index >= 15 is 0 Å². The SMILES string of the molecule is CCC1NC(C)(C)c2ccccc2S1. The Balaban J connectivity index is 2.41. The van der Waals surface area contributed by atoms with Crippen LogP contribution in [0, 0.1) is 0 Å². The third-order valence-corrected chi connectivity index (χ3v) is 4.07. The van der Waals surface area contributed by atoms with E-state index in [0.29, 0.717) is 5.37 Å². The lowest BCUT2D eigenvalue weighted by Gasteiger charge is -2.38. The number of thioether (sulfide) groups is 1. The molecule has 0 aromatic heterocycles. The van der Waals surface area contributed by atoms with Gasteiger partial charge < -0.3 is 0 Å². The van der Waals surface area contributed by atoms with Gasteiger partial charge in [0.05, 0.1) is 5.37 Å². The van der Waals surface area contributed by atoms with Crippen molar-refractivity contribution in [3.63, 3.8) is 0 Å². The predicted octanol–water partition coefficient (Wildman–Crippen LogP) is 3.35. The molecule has 0 aliphatic carbocycles. The van der Waals surface area contributed by atoms with Gasteiger partial charge in [0.1, 0.15) is 0 Å². The molecule has 1 aromatic rings. The second-order valence-electron chi connectivity index (χ2n) is 4.28. The summed E-state index contributed by atoms with van der Waals surface area (Å²) in [6.07, 6.45) is 1.17. The van der Waals surface area contributed by atoms with Crippen LogP contribution >= 0.6 is 11.8 Å². The molecule has 1 unspecified atom stereocenters. The summed E-state index contributed by atoms with van der Waals surface area (Å²) in [6, 6.07) is 8.70. The third-order valence-electron chi connectivity index (χ3n) is 2.72. The van der Waals surface area contributed by atoms with Crippen molar-refractivity contribution in [3.05, 3.63) is 29.8 Å². The molecule has 0 spiro atoms. The second-order valence-corrected chi connectivity index (χ2v) is 5.52. The van der Waals surface area contributed by atoms with Gasteiger partial charge in [0.25, 0.3) is 0 Å². The molecule has 1 atom stereocenters. The Labute approximate surface area is 90.3 Å². The highest BCUT2D eigenvalue weighted by Crippen LogP contribution is 2.39. The van der Waals surface area contributed by atoms with Crippen molar-refractivity contribution >= 4 is 11.8 Å². The minimum absolute atomic E-state index is 0.114. The van der Waals surface area contributed by atoms with Crippen LogP contribution in [0.5, 0.6) is 0 Å². The van der Waals surface area contributed by atoms with E-state index in [1.54, 1.807) is 0 Å². The Morgan fingerprint density at radius 2 is 2.07 bits per heavy atom. The topological polar surface area (TPSA) is 12.0 Å². The molecule has 0 fully saturated rings. The first-order valence-corrected chi connectivity index (χ1v) is 6.05. The summed E-state index contributed by atoms with van der Waals surface area (Å²) in [5, 5.41) is 4.22. The van der Waals surface area contributed by atoms with E-state index in [4.69, 9.17) is 0 Å². The third kappa shape index (κ3) is 1.69. The van der Waals surface area contributed by atoms with Gasteiger partial charge in [-0.2, -0.15) is 0 Å². The smallest absolute Gasteiger partial charge is 0.0583 e. The van der Waals surface area contributed by atoms with Crippen molar-refractivity contribution in [2.24, 2.45) is 0 Å². The van der Waals surface area contributed by atoms with Crippen molar-refractivity contribution in [2.75, 3.05) is 0 Å². The van der Waals surface area contributed by atoms with Crippen molar-refractivity contribution in [1.82, 2.24) is 5.32 Å². The zero-order valence-electron chi connectivity index (χ0n) is 9.00. The largest absolute Gasteiger partial charge is 0.296 e. The van der Waals surface area contributed by atoms with Crippen LogP contribution in [-0.2, 0) is 5.54 Å². The number of hydrogen-bond acceptors (Lipinski definition) is 2. The predicted molar refractivity (Wildman–Crippen MR) is 62.5 cm³/mol. The fourth-order valence-corrected chi connectivity index (χ4v) is 3.37. The zero-order valence-corrected chi connectivity index (χ0v) is 9.82. The monoisotopic (exact) mass is 207 g/mol. The van der Waals surface area contributed by atoms with Gasteiger partial charge in [0, 0.05) is 10.4 Å². The molecule has 1 nitrogen and oxygen atoms in total. The summed E-state index contributed by atoms with van der Waals surface area (Å²) in [4.78, 5) is 1.43. The lowest BCUT2D eigenvalue weighted by Crippen LogP contribution is -2.45. The first-order valence-electron chi connectivity index (χ1n) is 5.17. The number of benzene rings is 1. The van der Waals surface area contributed by atoms with Gasteiger partial charge in [-0.3, -0.25) is 5.32 Å². The van der Waals surface area contributed by atoms with Crippen molar-refractivity contribution in [2.45, 2.75) is 43.0 Å². The van der Waals surface area contributed by atoms with Gasteiger partial charge in [-0.1, -0.05) is 25.1 Å². The molecule has 0 saturated heterocycles. The van der Waals surface area contributed by atoms with E-state index in [9.17, 15) is 0 Å². The van der Waals surface area contributed by atoms with Crippen LogP contribution in [0.4, 0.5) is 0 Å². The first-order chi connectivity index (χ1) is 6.63. The van der Waals surface area contributed by atoms with Gasteiger partial charge >= 0.3 is 0 Å². The molecule has 1 aromatic carbocycles. The lowest BCUT2D eigenvalue weighted by atomic mass is 9.94. The molecule has 1 heterocycles. The highest BCUT2D eigenvalue weighted by molar-refractivity contribution is 8.00. The standard InChI is InChI=1S/C12H17NS/c1-4-11-13-12(2,3)9-7-5-6-8-10(9)14-11/h5-8,11,13H,4H2,1-3H3. The van der Waals surface area contributed by atoms with Crippen LogP contribution in [0.2, 0.25) is 0 Å². The number of rotatable bonds is 1. The number of nitrogens with one attached hydrogen (secondary N) is 1. The Morgan fingerprint density at radius 1 is 1.36 bits per heavy atom. The first kappa shape index (κ1) is 10.1. The minimum atomic E-state index is 0.114. The summed E-state index contributed by atoms with van der Waals surface area (Å²) in [7, 11) is 0. The Hall–Kier alpha value is -0.470. The molecule has 0 amide bonds. The van der Waals surface area contributed by atoms with Crippen molar-refractivity contribution in [3.8, 4) is 0 Å². The molecule has 76 valence electrons. The summed E-state index contributed by atoms with van der Waals surface area (Å²) < 4.78 is 0. The van der Waals surface area contributed by atoms with E-state index in [2.05, 4.69) is 50.4 Å². The normalized spacial score (nSPS) is 24.4. The van der Waals surface area contributed by atoms with Gasteiger partial charge in [0.2, 0.25) is 0 Å². The molecule has 2 heteroatoms. The van der Waals surface area contributed by atoms with Crippen molar-refractivity contribution in [1.29, 1.82) is 0 Å². The molecule has 1 aliphatic rings. The van der Waals surface area contributed by atoms with Gasteiger partial charge in [-0.05, 0) is 31.9 Å². The Morgan fingerprint density at radius 3 is 2.79 bits per heavy atom. The zero-order chi connectivity index (χ0) is 10.2. The van der Waals surface area contributed by atoms with Crippen LogP contribution in [0.15, 0.2) is 29.2 Å². The van der Waals surface area contributed by atoms with Gasteiger partial charge in [-0.25, -0.2) is 0 Å². The maximum atomic E-state index is 3.66. The fourth-order valence-electron chi connectivity index (χ4n) is 1.93. The van der Waals surface area contributed by atoms with E-state index in [1.807, 2.05) is 11.8 Å². The van der Waals surface area contributed by atoms with E-state index in [1.165, 1.54) is 16.9 Å². The molecule has 1 N–H and O–H groups in total. The Kier molecular flexibility index (Phi) is 2.58. The van der Waals surface area contributed by atoms with E-state index < -0.39 is 0 Å². The molecule has 1 aliphatic heterocycles. The summed E-state index contributed by atoms with van der Waals surface area (Å²) in [5.41, 5.74) is 1.54. The second kappa shape index (κ2) is 3.59. The molecule has 2 rings (SSSR count). The average Bonchev–Trinajstić information content (AvgIpc) is 2.17. The number of fused-ring (bicyclic) bond motifs is 1. The molecule has 14 heavy (non-hydrogen) atoms. The molecule has 0 radical (unpaired) electrons. The van der Waals surface area contributed by atoms with Crippen molar-refractivity contribution < 1.29 is 0 Å². The summed E-state index contributed by atoms with van der Waals surface area (Å²) >= 11 is 1.95. The Bertz CT molecular complexity index is 333.